The number of ether oxygens (including phenoxy) is 2. The second kappa shape index (κ2) is 6.52. The number of hydrogen-bond donors (Lipinski definition) is 0. The fourth-order valence-electron chi connectivity index (χ4n) is 1.14. The summed E-state index contributed by atoms with van der Waals surface area (Å²) < 4.78 is 24.4. The Hall–Kier alpha value is -0.393. The molecule has 0 N–H and O–H groups in total. The predicted octanol–water partition coefficient (Wildman–Crippen LogP) is 4.28. The Kier molecular flexibility index (Phi) is 5.62. The van der Waals surface area contributed by atoms with Gasteiger partial charge in [0.15, 0.2) is 18.4 Å². The van der Waals surface area contributed by atoms with Gasteiger partial charge in [-0.05, 0) is 34.1 Å². The molecule has 0 aromatic heterocycles. The molecule has 0 saturated heterocycles. The van der Waals surface area contributed by atoms with E-state index < -0.39 is 8.07 Å². The van der Waals surface area contributed by atoms with Crippen molar-refractivity contribution in [2.45, 2.75) is 25.7 Å². The Labute approximate surface area is 111 Å². The van der Waals surface area contributed by atoms with Gasteiger partial charge in [-0.15, -0.1) is 0 Å². The lowest BCUT2D eigenvalue weighted by Gasteiger charge is -2.15. The maximum Gasteiger partial charge on any atom is 0.189 e. The van der Waals surface area contributed by atoms with Gasteiger partial charge in [0, 0.05) is 14.7 Å². The van der Waals surface area contributed by atoms with Crippen LogP contribution >= 0.6 is 15.9 Å². The number of benzene rings is 1. The van der Waals surface area contributed by atoms with E-state index in [0.29, 0.717) is 11.1 Å². The lowest BCUT2D eigenvalue weighted by atomic mass is 10.3. The zero-order valence-electron chi connectivity index (χ0n) is 10.4. The third-order valence-electron chi connectivity index (χ3n) is 2.21. The fraction of sp³-hybridized carbons (Fsp3) is 0.500. The van der Waals surface area contributed by atoms with Crippen LogP contribution in [0.5, 0.6) is 5.75 Å². The van der Waals surface area contributed by atoms with E-state index in [1.165, 1.54) is 0 Å². The molecule has 0 radical (unpaired) electrons. The van der Waals surface area contributed by atoms with Crippen molar-refractivity contribution in [3.05, 3.63) is 28.5 Å². The van der Waals surface area contributed by atoms with Crippen molar-refractivity contribution < 1.29 is 13.9 Å². The average molecular weight is 321 g/mol. The van der Waals surface area contributed by atoms with Crippen LogP contribution in [0.3, 0.4) is 0 Å². The van der Waals surface area contributed by atoms with E-state index in [9.17, 15) is 4.39 Å². The SMILES string of the molecule is C[Si](C)(C)CCOCOc1cccc(Br)c1F. The third-order valence-corrected chi connectivity index (χ3v) is 4.53. The third kappa shape index (κ3) is 5.65. The first kappa shape index (κ1) is 14.7. The minimum absolute atomic E-state index is 0.0951. The van der Waals surface area contributed by atoms with Crippen molar-refractivity contribution in [2.24, 2.45) is 0 Å². The first-order valence-electron chi connectivity index (χ1n) is 5.55. The highest BCUT2D eigenvalue weighted by Gasteiger charge is 2.12. The molecule has 1 aromatic carbocycles. The molecule has 0 bridgehead atoms. The van der Waals surface area contributed by atoms with Crippen LogP contribution in [0.4, 0.5) is 4.39 Å². The highest BCUT2D eigenvalue weighted by atomic mass is 79.9. The Morgan fingerprint density at radius 3 is 2.65 bits per heavy atom. The van der Waals surface area contributed by atoms with Crippen LogP contribution < -0.4 is 4.74 Å². The highest BCUT2D eigenvalue weighted by Crippen LogP contribution is 2.24. The molecular formula is C12H18BrFO2Si. The lowest BCUT2D eigenvalue weighted by molar-refractivity contribution is 0.0197. The van der Waals surface area contributed by atoms with E-state index in [0.717, 1.165) is 6.04 Å². The number of hydrogen-bond acceptors (Lipinski definition) is 2. The molecule has 5 heteroatoms. The molecule has 0 spiro atoms. The summed E-state index contributed by atoms with van der Waals surface area (Å²) in [5.74, 6) is -0.173. The van der Waals surface area contributed by atoms with Gasteiger partial charge >= 0.3 is 0 Å². The molecule has 0 aliphatic carbocycles. The van der Waals surface area contributed by atoms with Crippen LogP contribution in [0, 0.1) is 5.82 Å². The lowest BCUT2D eigenvalue weighted by Crippen LogP contribution is -2.22. The zero-order chi connectivity index (χ0) is 12.9. The Bertz CT molecular complexity index is 366. The van der Waals surface area contributed by atoms with Crippen LogP contribution in [0.25, 0.3) is 0 Å². The maximum absolute atomic E-state index is 13.5. The molecule has 0 fully saturated rings. The zero-order valence-corrected chi connectivity index (χ0v) is 13.0. The molecule has 2 nitrogen and oxygen atoms in total. The molecule has 0 saturated carbocycles. The summed E-state index contributed by atoms with van der Waals surface area (Å²) >= 11 is 3.10. The van der Waals surface area contributed by atoms with Crippen LogP contribution in [0.1, 0.15) is 0 Å². The predicted molar refractivity (Wildman–Crippen MR) is 73.7 cm³/mol. The Morgan fingerprint density at radius 1 is 1.29 bits per heavy atom. The van der Waals surface area contributed by atoms with Crippen LogP contribution in [-0.2, 0) is 4.74 Å². The van der Waals surface area contributed by atoms with Crippen molar-refractivity contribution in [3.8, 4) is 5.75 Å². The van der Waals surface area contributed by atoms with Crippen molar-refractivity contribution in [1.29, 1.82) is 0 Å². The van der Waals surface area contributed by atoms with Gasteiger partial charge in [-0.3, -0.25) is 0 Å². The average Bonchev–Trinajstić information content (AvgIpc) is 2.22. The second-order valence-corrected chi connectivity index (χ2v) is 11.5. The van der Waals surface area contributed by atoms with Gasteiger partial charge in [0.05, 0.1) is 4.47 Å². The van der Waals surface area contributed by atoms with Crippen molar-refractivity contribution in [2.75, 3.05) is 13.4 Å². The van der Waals surface area contributed by atoms with Gasteiger partial charge in [-0.1, -0.05) is 25.7 Å². The van der Waals surface area contributed by atoms with Gasteiger partial charge < -0.3 is 9.47 Å². The summed E-state index contributed by atoms with van der Waals surface area (Å²) in [6.07, 6.45) is 0. The summed E-state index contributed by atoms with van der Waals surface area (Å²) in [6, 6.07) is 6.03. The van der Waals surface area contributed by atoms with E-state index in [1.807, 2.05) is 0 Å². The van der Waals surface area contributed by atoms with E-state index in [4.69, 9.17) is 9.47 Å². The Balaban J connectivity index is 2.29. The summed E-state index contributed by atoms with van der Waals surface area (Å²) in [7, 11) is -1.07. The van der Waals surface area contributed by atoms with Crippen molar-refractivity contribution in [1.82, 2.24) is 0 Å². The van der Waals surface area contributed by atoms with E-state index in [-0.39, 0.29) is 18.4 Å². The summed E-state index contributed by atoms with van der Waals surface area (Å²) in [5, 5.41) is 0. The van der Waals surface area contributed by atoms with Crippen LogP contribution in [0.15, 0.2) is 22.7 Å². The van der Waals surface area contributed by atoms with Crippen LogP contribution in [0.2, 0.25) is 25.7 Å². The number of halogens is 2. The fourth-order valence-corrected chi connectivity index (χ4v) is 2.24. The van der Waals surface area contributed by atoms with E-state index in [1.54, 1.807) is 18.2 Å². The van der Waals surface area contributed by atoms with Gasteiger partial charge in [0.25, 0.3) is 0 Å². The monoisotopic (exact) mass is 320 g/mol. The standard InChI is InChI=1S/C12H18BrFO2Si/c1-17(2,3)8-7-15-9-16-11-6-4-5-10(13)12(11)14/h4-6H,7-9H2,1-3H3. The van der Waals surface area contributed by atoms with Crippen molar-refractivity contribution >= 4 is 24.0 Å². The molecule has 0 heterocycles. The van der Waals surface area contributed by atoms with Gasteiger partial charge in [-0.2, -0.15) is 0 Å². The summed E-state index contributed by atoms with van der Waals surface area (Å²) in [5.41, 5.74) is 0. The molecule has 0 amide bonds. The normalized spacial score (nSPS) is 11.6. The van der Waals surface area contributed by atoms with Gasteiger partial charge in [0.1, 0.15) is 0 Å². The highest BCUT2D eigenvalue weighted by molar-refractivity contribution is 9.10. The minimum atomic E-state index is -1.07. The quantitative estimate of drug-likeness (QED) is 0.442. The number of rotatable bonds is 6. The Morgan fingerprint density at radius 2 is 2.00 bits per heavy atom. The smallest absolute Gasteiger partial charge is 0.189 e. The molecule has 96 valence electrons. The topological polar surface area (TPSA) is 18.5 Å². The van der Waals surface area contributed by atoms with Crippen LogP contribution in [-0.4, -0.2) is 21.5 Å². The first-order valence-corrected chi connectivity index (χ1v) is 10.0. The first-order chi connectivity index (χ1) is 7.90. The molecule has 0 atom stereocenters. The van der Waals surface area contributed by atoms with E-state index in [2.05, 4.69) is 35.6 Å². The molecular weight excluding hydrogens is 303 g/mol. The molecule has 17 heavy (non-hydrogen) atoms. The van der Waals surface area contributed by atoms with Crippen molar-refractivity contribution in [3.63, 3.8) is 0 Å². The second-order valence-electron chi connectivity index (χ2n) is 5.03. The molecule has 0 aliphatic heterocycles. The largest absolute Gasteiger partial charge is 0.464 e. The minimum Gasteiger partial charge on any atom is -0.464 e. The van der Waals surface area contributed by atoms with Gasteiger partial charge in [-0.25, -0.2) is 4.39 Å². The molecule has 1 rings (SSSR count). The molecule has 0 unspecified atom stereocenters. The molecule has 1 aromatic rings. The van der Waals surface area contributed by atoms with Gasteiger partial charge in [0.2, 0.25) is 0 Å². The molecule has 0 aliphatic rings. The summed E-state index contributed by atoms with van der Waals surface area (Å²) in [6.45, 7) is 7.62. The summed E-state index contributed by atoms with van der Waals surface area (Å²) in [4.78, 5) is 0. The maximum atomic E-state index is 13.5. The van der Waals surface area contributed by atoms with E-state index >= 15 is 0 Å².